The van der Waals surface area contributed by atoms with Crippen molar-refractivity contribution in [2.45, 2.75) is 0 Å². The van der Waals surface area contributed by atoms with Crippen molar-refractivity contribution in [1.29, 1.82) is 5.26 Å². The molecule has 2 rings (SSSR count). The predicted octanol–water partition coefficient (Wildman–Crippen LogP) is 3.09. The quantitative estimate of drug-likeness (QED) is 0.863. The SMILES string of the molecule is N#Cc1cccnc1Oc1cccc(N)c1Br. The van der Waals surface area contributed by atoms with Crippen LogP contribution in [0, 0.1) is 11.3 Å². The Morgan fingerprint density at radius 3 is 2.88 bits per heavy atom. The topological polar surface area (TPSA) is 71.9 Å². The van der Waals surface area contributed by atoms with Crippen molar-refractivity contribution < 1.29 is 4.74 Å². The van der Waals surface area contributed by atoms with Crippen LogP contribution in [0.5, 0.6) is 11.6 Å². The van der Waals surface area contributed by atoms with Gasteiger partial charge in [-0.3, -0.25) is 0 Å². The Morgan fingerprint density at radius 2 is 2.12 bits per heavy atom. The summed E-state index contributed by atoms with van der Waals surface area (Å²) >= 11 is 3.32. The number of rotatable bonds is 2. The zero-order valence-corrected chi connectivity index (χ0v) is 10.3. The Labute approximate surface area is 107 Å². The molecule has 0 saturated carbocycles. The van der Waals surface area contributed by atoms with Gasteiger partial charge in [0.1, 0.15) is 17.4 Å². The van der Waals surface area contributed by atoms with Crippen LogP contribution in [0.2, 0.25) is 0 Å². The number of nitrogen functional groups attached to an aromatic ring is 1. The first-order valence-corrected chi connectivity index (χ1v) is 5.58. The van der Waals surface area contributed by atoms with Crippen LogP contribution in [0.4, 0.5) is 5.69 Å². The number of anilines is 1. The fourth-order valence-corrected chi connectivity index (χ4v) is 1.61. The summed E-state index contributed by atoms with van der Waals surface area (Å²) in [6.45, 7) is 0. The minimum atomic E-state index is 0.265. The van der Waals surface area contributed by atoms with E-state index in [0.717, 1.165) is 0 Å². The molecule has 0 spiro atoms. The van der Waals surface area contributed by atoms with Gasteiger partial charge in [-0.1, -0.05) is 6.07 Å². The van der Waals surface area contributed by atoms with Crippen molar-refractivity contribution in [2.24, 2.45) is 0 Å². The molecule has 0 radical (unpaired) electrons. The van der Waals surface area contributed by atoms with Crippen molar-refractivity contribution in [1.82, 2.24) is 4.98 Å². The lowest BCUT2D eigenvalue weighted by atomic mass is 10.3. The number of nitrogens with zero attached hydrogens (tertiary/aromatic N) is 2. The van der Waals surface area contributed by atoms with E-state index in [1.165, 1.54) is 0 Å². The number of benzene rings is 1. The molecule has 84 valence electrons. The lowest BCUT2D eigenvalue weighted by molar-refractivity contribution is 0.459. The fraction of sp³-hybridized carbons (Fsp3) is 0. The fourth-order valence-electron chi connectivity index (χ4n) is 1.27. The number of hydrogen-bond donors (Lipinski definition) is 1. The van der Waals surface area contributed by atoms with E-state index in [1.54, 1.807) is 36.5 Å². The molecule has 1 aromatic carbocycles. The molecule has 0 bridgehead atoms. The van der Waals surface area contributed by atoms with Gasteiger partial charge < -0.3 is 10.5 Å². The summed E-state index contributed by atoms with van der Waals surface area (Å²) in [5.74, 6) is 0.793. The van der Waals surface area contributed by atoms with E-state index in [9.17, 15) is 0 Å². The highest BCUT2D eigenvalue weighted by Crippen LogP contribution is 2.33. The molecule has 17 heavy (non-hydrogen) atoms. The van der Waals surface area contributed by atoms with Gasteiger partial charge in [0.05, 0.1) is 4.47 Å². The summed E-state index contributed by atoms with van der Waals surface area (Å²) in [7, 11) is 0. The molecule has 0 fully saturated rings. The molecule has 5 heteroatoms. The van der Waals surface area contributed by atoms with Crippen LogP contribution in [-0.2, 0) is 0 Å². The number of pyridine rings is 1. The van der Waals surface area contributed by atoms with Crippen LogP contribution in [-0.4, -0.2) is 4.98 Å². The first-order chi connectivity index (χ1) is 8.22. The van der Waals surface area contributed by atoms with Gasteiger partial charge in [0.15, 0.2) is 0 Å². The van der Waals surface area contributed by atoms with Gasteiger partial charge in [-0.2, -0.15) is 5.26 Å². The number of nitrogens with two attached hydrogens (primary N) is 1. The van der Waals surface area contributed by atoms with Crippen molar-refractivity contribution in [3.05, 3.63) is 46.6 Å². The van der Waals surface area contributed by atoms with Crippen LogP contribution in [0.25, 0.3) is 0 Å². The lowest BCUT2D eigenvalue weighted by Gasteiger charge is -2.08. The lowest BCUT2D eigenvalue weighted by Crippen LogP contribution is -1.94. The standard InChI is InChI=1S/C12H8BrN3O/c13-11-9(15)4-1-5-10(11)17-12-8(7-14)3-2-6-16-12/h1-6H,15H2. The zero-order chi connectivity index (χ0) is 12.3. The number of halogens is 1. The third kappa shape index (κ3) is 2.37. The average molecular weight is 290 g/mol. The van der Waals surface area contributed by atoms with Gasteiger partial charge in [0.2, 0.25) is 5.88 Å². The maximum absolute atomic E-state index is 8.91. The molecular weight excluding hydrogens is 282 g/mol. The molecule has 0 aliphatic heterocycles. The van der Waals surface area contributed by atoms with Crippen LogP contribution < -0.4 is 10.5 Å². The summed E-state index contributed by atoms with van der Waals surface area (Å²) in [5.41, 5.74) is 6.68. The van der Waals surface area contributed by atoms with E-state index in [2.05, 4.69) is 20.9 Å². The molecule has 0 unspecified atom stereocenters. The number of hydrogen-bond acceptors (Lipinski definition) is 4. The van der Waals surface area contributed by atoms with Crippen molar-refractivity contribution in [3.8, 4) is 17.7 Å². The number of ether oxygens (including phenoxy) is 1. The van der Waals surface area contributed by atoms with E-state index >= 15 is 0 Å². The van der Waals surface area contributed by atoms with Crippen LogP contribution in [0.15, 0.2) is 41.0 Å². The average Bonchev–Trinajstić information content (AvgIpc) is 2.35. The van der Waals surface area contributed by atoms with Crippen molar-refractivity contribution in [2.75, 3.05) is 5.73 Å². The van der Waals surface area contributed by atoms with Gasteiger partial charge in [-0.05, 0) is 40.2 Å². The van der Waals surface area contributed by atoms with Crippen LogP contribution in [0.1, 0.15) is 5.56 Å². The van der Waals surface area contributed by atoms with E-state index in [0.29, 0.717) is 21.5 Å². The second-order valence-corrected chi connectivity index (χ2v) is 4.02. The highest BCUT2D eigenvalue weighted by atomic mass is 79.9. The molecule has 0 aliphatic rings. The summed E-state index contributed by atoms with van der Waals surface area (Å²) < 4.78 is 6.20. The molecule has 2 N–H and O–H groups in total. The zero-order valence-electron chi connectivity index (χ0n) is 8.72. The smallest absolute Gasteiger partial charge is 0.237 e. The molecule has 2 aromatic rings. The van der Waals surface area contributed by atoms with E-state index in [4.69, 9.17) is 15.7 Å². The first kappa shape index (κ1) is 11.4. The van der Waals surface area contributed by atoms with Crippen LogP contribution in [0.3, 0.4) is 0 Å². The molecular formula is C12H8BrN3O. The Kier molecular flexibility index (Phi) is 3.26. The molecule has 0 aliphatic carbocycles. The van der Waals surface area contributed by atoms with Crippen molar-refractivity contribution in [3.63, 3.8) is 0 Å². The van der Waals surface area contributed by atoms with E-state index in [-0.39, 0.29) is 5.88 Å². The third-order valence-corrected chi connectivity index (χ3v) is 2.94. The highest BCUT2D eigenvalue weighted by molar-refractivity contribution is 9.10. The van der Waals surface area contributed by atoms with Gasteiger partial charge >= 0.3 is 0 Å². The van der Waals surface area contributed by atoms with Gasteiger partial charge in [0, 0.05) is 11.9 Å². The molecule has 0 amide bonds. The molecule has 0 atom stereocenters. The second-order valence-electron chi connectivity index (χ2n) is 3.23. The minimum absolute atomic E-state index is 0.265. The maximum atomic E-state index is 8.91. The summed E-state index contributed by atoms with van der Waals surface area (Å²) in [4.78, 5) is 4.01. The predicted molar refractivity (Wildman–Crippen MR) is 67.6 cm³/mol. The van der Waals surface area contributed by atoms with Crippen molar-refractivity contribution >= 4 is 21.6 Å². The van der Waals surface area contributed by atoms with E-state index < -0.39 is 0 Å². The van der Waals surface area contributed by atoms with Crippen LogP contribution >= 0.6 is 15.9 Å². The molecule has 0 saturated heterocycles. The number of aromatic nitrogens is 1. The second kappa shape index (κ2) is 4.85. The Morgan fingerprint density at radius 1 is 1.29 bits per heavy atom. The van der Waals surface area contributed by atoms with Gasteiger partial charge in [-0.25, -0.2) is 4.98 Å². The summed E-state index contributed by atoms with van der Waals surface area (Å²) in [6, 6.07) is 10.6. The molecule has 4 nitrogen and oxygen atoms in total. The Bertz CT molecular complexity index is 593. The first-order valence-electron chi connectivity index (χ1n) is 4.79. The summed E-state index contributed by atoms with van der Waals surface area (Å²) in [5, 5.41) is 8.91. The minimum Gasteiger partial charge on any atom is -0.436 e. The van der Waals surface area contributed by atoms with Gasteiger partial charge in [-0.15, -0.1) is 0 Å². The summed E-state index contributed by atoms with van der Waals surface area (Å²) in [6.07, 6.45) is 1.57. The highest BCUT2D eigenvalue weighted by Gasteiger charge is 2.09. The maximum Gasteiger partial charge on any atom is 0.237 e. The van der Waals surface area contributed by atoms with Gasteiger partial charge in [0.25, 0.3) is 0 Å². The third-order valence-electron chi connectivity index (χ3n) is 2.09. The molecule has 1 aromatic heterocycles. The monoisotopic (exact) mass is 289 g/mol. The normalized spacial score (nSPS) is 9.65. The number of nitriles is 1. The van der Waals surface area contributed by atoms with E-state index in [1.807, 2.05) is 6.07 Å². The Hall–Kier alpha value is -2.06. The largest absolute Gasteiger partial charge is 0.436 e. The Balaban J connectivity index is 2.39. The molecule has 1 heterocycles.